The topological polar surface area (TPSA) is 74.8 Å². The Balaban J connectivity index is 1.93. The van der Waals surface area contributed by atoms with Crippen molar-refractivity contribution >= 4 is 20.0 Å². The van der Waals surface area contributed by atoms with E-state index in [2.05, 4.69) is 0 Å². The molecule has 0 saturated carbocycles. The summed E-state index contributed by atoms with van der Waals surface area (Å²) in [7, 11) is -6.91. The molecule has 1 aromatic carbocycles. The minimum atomic E-state index is -3.58. The first kappa shape index (κ1) is 16.9. The highest BCUT2D eigenvalue weighted by Crippen LogP contribution is 2.40. The molecule has 1 spiro atoms. The average molecular weight is 358 g/mol. The van der Waals surface area contributed by atoms with Gasteiger partial charge in [0.15, 0.2) is 0 Å². The molecule has 0 aliphatic carbocycles. The summed E-state index contributed by atoms with van der Waals surface area (Å²) in [6, 6.07) is 8.34. The van der Waals surface area contributed by atoms with Crippen molar-refractivity contribution < 1.29 is 16.8 Å². The van der Waals surface area contributed by atoms with Gasteiger partial charge in [0.25, 0.3) is 0 Å². The maximum absolute atomic E-state index is 12.8. The van der Waals surface area contributed by atoms with Gasteiger partial charge in [-0.3, -0.25) is 0 Å². The fourth-order valence-corrected chi connectivity index (χ4v) is 6.84. The number of nitrogens with zero attached hydrogens (tertiary/aromatic N) is 2. The van der Waals surface area contributed by atoms with Crippen molar-refractivity contribution in [2.45, 2.75) is 36.1 Å². The monoisotopic (exact) mass is 358 g/mol. The van der Waals surface area contributed by atoms with Gasteiger partial charge < -0.3 is 0 Å². The lowest BCUT2D eigenvalue weighted by molar-refractivity contribution is 0.138. The van der Waals surface area contributed by atoms with E-state index < -0.39 is 25.6 Å². The molecule has 1 aromatic rings. The lowest BCUT2D eigenvalue weighted by Crippen LogP contribution is -2.58. The van der Waals surface area contributed by atoms with Crippen LogP contribution in [0.25, 0.3) is 0 Å². The highest BCUT2D eigenvalue weighted by Gasteiger charge is 2.49. The Morgan fingerprint density at radius 1 is 0.957 bits per heavy atom. The molecule has 23 heavy (non-hydrogen) atoms. The first-order chi connectivity index (χ1) is 10.8. The van der Waals surface area contributed by atoms with E-state index in [0.717, 1.165) is 19.3 Å². The lowest BCUT2D eigenvalue weighted by atomic mass is 9.89. The van der Waals surface area contributed by atoms with Crippen molar-refractivity contribution in [1.29, 1.82) is 0 Å². The number of piperidine rings is 1. The molecule has 128 valence electrons. The molecule has 2 fully saturated rings. The molecular formula is C15H22N2O4S2. The second kappa shape index (κ2) is 5.84. The van der Waals surface area contributed by atoms with Gasteiger partial charge in [-0.25, -0.2) is 16.8 Å². The lowest BCUT2D eigenvalue weighted by Gasteiger charge is -2.44. The van der Waals surface area contributed by atoms with E-state index >= 15 is 0 Å². The third kappa shape index (κ3) is 3.05. The minimum absolute atomic E-state index is 0.247. The van der Waals surface area contributed by atoms with Gasteiger partial charge in [0.2, 0.25) is 20.0 Å². The van der Waals surface area contributed by atoms with E-state index in [0.29, 0.717) is 19.5 Å². The quantitative estimate of drug-likeness (QED) is 0.815. The molecule has 6 nitrogen and oxygen atoms in total. The fraction of sp³-hybridized carbons (Fsp3) is 0.600. The molecule has 0 unspecified atom stereocenters. The maximum Gasteiger partial charge on any atom is 0.243 e. The number of hydrogen-bond donors (Lipinski definition) is 0. The third-order valence-corrected chi connectivity index (χ3v) is 8.06. The normalized spacial score (nSPS) is 27.5. The van der Waals surface area contributed by atoms with Gasteiger partial charge >= 0.3 is 0 Å². The molecule has 0 aromatic heterocycles. The summed E-state index contributed by atoms with van der Waals surface area (Å²) in [5.74, 6) is 0. The van der Waals surface area contributed by atoms with Crippen LogP contribution in [0.3, 0.4) is 0 Å². The molecule has 8 heteroatoms. The van der Waals surface area contributed by atoms with Crippen LogP contribution >= 0.6 is 0 Å². The smallest absolute Gasteiger partial charge is 0.212 e. The Bertz CT molecular complexity index is 777. The predicted octanol–water partition coefficient (Wildman–Crippen LogP) is 1.27. The SMILES string of the molecule is CS(=O)(=O)N1CCC[C@@]12CCCN(S(=O)(=O)c1ccccc1)C2. The van der Waals surface area contributed by atoms with Crippen LogP contribution in [0, 0.1) is 0 Å². The van der Waals surface area contributed by atoms with Crippen LogP contribution in [-0.2, 0) is 20.0 Å². The van der Waals surface area contributed by atoms with Crippen LogP contribution in [0.15, 0.2) is 35.2 Å². The second-order valence-electron chi connectivity index (χ2n) is 6.42. The summed E-state index contributed by atoms with van der Waals surface area (Å²) in [5.41, 5.74) is -0.576. The van der Waals surface area contributed by atoms with E-state index in [1.165, 1.54) is 14.9 Å². The zero-order valence-electron chi connectivity index (χ0n) is 13.2. The summed E-state index contributed by atoms with van der Waals surface area (Å²) in [4.78, 5) is 0.265. The first-order valence-electron chi connectivity index (χ1n) is 7.79. The first-order valence-corrected chi connectivity index (χ1v) is 11.1. The standard InChI is InChI=1S/C15H22N2O4S2/c1-22(18,19)17-12-6-10-15(17)9-5-11-16(13-15)23(20,21)14-7-3-2-4-8-14/h2-4,7-8H,5-6,9-13H2,1H3/t15-/m1/s1. The highest BCUT2D eigenvalue weighted by atomic mass is 32.2. The Hall–Kier alpha value is -0.960. The van der Waals surface area contributed by atoms with Gasteiger partial charge in [-0.05, 0) is 37.8 Å². The van der Waals surface area contributed by atoms with Gasteiger partial charge in [-0.1, -0.05) is 18.2 Å². The number of sulfonamides is 2. The molecule has 0 amide bonds. The minimum Gasteiger partial charge on any atom is -0.212 e. The number of benzene rings is 1. The molecular weight excluding hydrogens is 336 g/mol. The van der Waals surface area contributed by atoms with Crippen molar-refractivity contribution in [1.82, 2.24) is 8.61 Å². The fourth-order valence-electron chi connectivity index (χ4n) is 3.86. The van der Waals surface area contributed by atoms with Crippen molar-refractivity contribution in [2.75, 3.05) is 25.9 Å². The third-order valence-electron chi connectivity index (χ3n) is 4.83. The molecule has 2 saturated heterocycles. The van der Waals surface area contributed by atoms with Crippen molar-refractivity contribution in [3.63, 3.8) is 0 Å². The predicted molar refractivity (Wildman–Crippen MR) is 87.9 cm³/mol. The largest absolute Gasteiger partial charge is 0.243 e. The van der Waals surface area contributed by atoms with E-state index in [1.54, 1.807) is 30.3 Å². The van der Waals surface area contributed by atoms with Crippen LogP contribution in [0.2, 0.25) is 0 Å². The Morgan fingerprint density at radius 2 is 1.57 bits per heavy atom. The van der Waals surface area contributed by atoms with Crippen LogP contribution < -0.4 is 0 Å². The molecule has 0 N–H and O–H groups in total. The molecule has 1 atom stereocenters. The Labute approximate surface area is 138 Å². The van der Waals surface area contributed by atoms with E-state index in [-0.39, 0.29) is 11.4 Å². The van der Waals surface area contributed by atoms with Crippen molar-refractivity contribution in [3.05, 3.63) is 30.3 Å². The van der Waals surface area contributed by atoms with E-state index in [1.807, 2.05) is 0 Å². The van der Waals surface area contributed by atoms with Gasteiger partial charge in [0.1, 0.15) is 0 Å². The molecule has 2 aliphatic heterocycles. The van der Waals surface area contributed by atoms with Crippen LogP contribution in [0.1, 0.15) is 25.7 Å². The van der Waals surface area contributed by atoms with Crippen LogP contribution in [0.4, 0.5) is 0 Å². The number of rotatable bonds is 3. The van der Waals surface area contributed by atoms with Gasteiger partial charge in [-0.2, -0.15) is 8.61 Å². The summed E-state index contributed by atoms with van der Waals surface area (Å²) < 4.78 is 52.8. The highest BCUT2D eigenvalue weighted by molar-refractivity contribution is 7.89. The Morgan fingerprint density at radius 3 is 2.17 bits per heavy atom. The zero-order chi connectivity index (χ0) is 16.7. The summed E-state index contributed by atoms with van der Waals surface area (Å²) >= 11 is 0. The molecule has 2 aliphatic rings. The van der Waals surface area contributed by atoms with Crippen LogP contribution in [0.5, 0.6) is 0 Å². The zero-order valence-corrected chi connectivity index (χ0v) is 14.8. The van der Waals surface area contributed by atoms with Crippen molar-refractivity contribution in [2.24, 2.45) is 0 Å². The number of hydrogen-bond acceptors (Lipinski definition) is 4. The molecule has 0 bridgehead atoms. The van der Waals surface area contributed by atoms with Crippen LogP contribution in [-0.4, -0.2) is 56.9 Å². The maximum atomic E-state index is 12.8. The molecule has 0 radical (unpaired) electrons. The van der Waals surface area contributed by atoms with Gasteiger partial charge in [0.05, 0.1) is 11.2 Å². The summed E-state index contributed by atoms with van der Waals surface area (Å²) in [6.45, 7) is 1.17. The summed E-state index contributed by atoms with van der Waals surface area (Å²) in [6.07, 6.45) is 4.12. The second-order valence-corrected chi connectivity index (χ2v) is 10.3. The van der Waals surface area contributed by atoms with E-state index in [9.17, 15) is 16.8 Å². The summed E-state index contributed by atoms with van der Waals surface area (Å²) in [5, 5.41) is 0. The van der Waals surface area contributed by atoms with Gasteiger partial charge in [-0.15, -0.1) is 0 Å². The van der Waals surface area contributed by atoms with Gasteiger partial charge in [0, 0.05) is 25.2 Å². The van der Waals surface area contributed by atoms with Crippen molar-refractivity contribution in [3.8, 4) is 0 Å². The van der Waals surface area contributed by atoms with E-state index in [4.69, 9.17) is 0 Å². The molecule has 3 rings (SSSR count). The average Bonchev–Trinajstić information content (AvgIpc) is 2.91. The molecule has 2 heterocycles. The Kier molecular flexibility index (Phi) is 4.29.